The van der Waals surface area contributed by atoms with E-state index in [1.54, 1.807) is 0 Å². The van der Waals surface area contributed by atoms with Crippen molar-refractivity contribution in [2.24, 2.45) is 0 Å². The van der Waals surface area contributed by atoms with Crippen LogP contribution in [0.25, 0.3) is 11.1 Å². The van der Waals surface area contributed by atoms with E-state index < -0.39 is 0 Å². The van der Waals surface area contributed by atoms with Crippen molar-refractivity contribution in [2.75, 3.05) is 6.61 Å². The summed E-state index contributed by atoms with van der Waals surface area (Å²) in [7, 11) is 0. The Balaban J connectivity index is 1.93. The zero-order valence-electron chi connectivity index (χ0n) is 13.7. The number of aliphatic hydroxyl groups excluding tert-OH is 1. The highest BCUT2D eigenvalue weighted by atomic mass is 16.2. The van der Waals surface area contributed by atoms with Crippen LogP contribution in [0.5, 0.6) is 0 Å². The van der Waals surface area contributed by atoms with Crippen molar-refractivity contribution in [2.45, 2.75) is 51.9 Å². The van der Waals surface area contributed by atoms with Gasteiger partial charge in [0.25, 0.3) is 0 Å². The van der Waals surface area contributed by atoms with Crippen LogP contribution in [0.2, 0.25) is 0 Å². The van der Waals surface area contributed by atoms with Crippen LogP contribution in [-0.2, 0) is 12.8 Å². The molecular formula is C21H28O. The molecule has 0 unspecified atom stereocenters. The van der Waals surface area contributed by atoms with Crippen LogP contribution < -0.4 is 0 Å². The maximum atomic E-state index is 8.83. The Labute approximate surface area is 135 Å². The molecular weight excluding hydrogens is 268 g/mol. The summed E-state index contributed by atoms with van der Waals surface area (Å²) in [4.78, 5) is 0. The van der Waals surface area contributed by atoms with Crippen LogP contribution >= 0.6 is 0 Å². The monoisotopic (exact) mass is 296 g/mol. The zero-order chi connectivity index (χ0) is 15.6. The molecule has 0 saturated heterocycles. The molecule has 1 heteroatoms. The van der Waals surface area contributed by atoms with Gasteiger partial charge >= 0.3 is 0 Å². The predicted molar refractivity (Wildman–Crippen MR) is 95.1 cm³/mol. The van der Waals surface area contributed by atoms with E-state index in [0.29, 0.717) is 6.61 Å². The lowest BCUT2D eigenvalue weighted by molar-refractivity contribution is 0.284. The van der Waals surface area contributed by atoms with Gasteiger partial charge in [0, 0.05) is 6.61 Å². The van der Waals surface area contributed by atoms with Crippen molar-refractivity contribution in [3.05, 3.63) is 59.7 Å². The summed E-state index contributed by atoms with van der Waals surface area (Å²) >= 11 is 0. The fourth-order valence-corrected chi connectivity index (χ4v) is 2.75. The number of benzene rings is 2. The first kappa shape index (κ1) is 16.8. The Morgan fingerprint density at radius 1 is 0.636 bits per heavy atom. The summed E-state index contributed by atoms with van der Waals surface area (Å²) in [6.07, 6.45) is 8.08. The molecule has 0 heterocycles. The highest BCUT2D eigenvalue weighted by Crippen LogP contribution is 2.21. The van der Waals surface area contributed by atoms with E-state index in [1.165, 1.54) is 47.9 Å². The molecule has 0 aliphatic carbocycles. The summed E-state index contributed by atoms with van der Waals surface area (Å²) in [5, 5.41) is 8.83. The largest absolute Gasteiger partial charge is 0.396 e. The lowest BCUT2D eigenvalue weighted by Crippen LogP contribution is -1.89. The molecule has 0 aliphatic rings. The van der Waals surface area contributed by atoms with Gasteiger partial charge in [-0.1, -0.05) is 68.3 Å². The molecule has 1 N–H and O–H groups in total. The first-order chi connectivity index (χ1) is 10.8. The summed E-state index contributed by atoms with van der Waals surface area (Å²) in [6, 6.07) is 17.8. The van der Waals surface area contributed by atoms with Crippen molar-refractivity contribution in [1.29, 1.82) is 0 Å². The standard InChI is InChI=1S/C21H28O/c1-2-3-4-7-18-9-13-20(14-10-18)21-15-11-19(12-16-21)8-5-6-17-22/h9-16,22H,2-8,17H2,1H3. The van der Waals surface area contributed by atoms with Crippen LogP contribution in [0.3, 0.4) is 0 Å². The molecule has 0 atom stereocenters. The van der Waals surface area contributed by atoms with Crippen molar-refractivity contribution in [3.8, 4) is 11.1 Å². The average Bonchev–Trinajstić information content (AvgIpc) is 2.57. The molecule has 0 aromatic heterocycles. The van der Waals surface area contributed by atoms with Crippen molar-refractivity contribution < 1.29 is 5.11 Å². The third-order valence-electron chi connectivity index (χ3n) is 4.18. The van der Waals surface area contributed by atoms with Gasteiger partial charge in [-0.25, -0.2) is 0 Å². The van der Waals surface area contributed by atoms with Gasteiger partial charge in [0.05, 0.1) is 0 Å². The summed E-state index contributed by atoms with van der Waals surface area (Å²) in [6.45, 7) is 2.54. The van der Waals surface area contributed by atoms with Gasteiger partial charge in [-0.3, -0.25) is 0 Å². The average molecular weight is 296 g/mol. The van der Waals surface area contributed by atoms with Gasteiger partial charge in [0.1, 0.15) is 0 Å². The smallest absolute Gasteiger partial charge is 0.0431 e. The maximum absolute atomic E-state index is 8.83. The number of aliphatic hydroxyl groups is 1. The quantitative estimate of drug-likeness (QED) is 0.614. The molecule has 1 nitrogen and oxygen atoms in total. The Morgan fingerprint density at radius 2 is 1.09 bits per heavy atom. The summed E-state index contributed by atoms with van der Waals surface area (Å²) < 4.78 is 0. The third kappa shape index (κ3) is 5.31. The van der Waals surface area contributed by atoms with E-state index in [4.69, 9.17) is 5.11 Å². The minimum Gasteiger partial charge on any atom is -0.396 e. The van der Waals surface area contributed by atoms with Crippen molar-refractivity contribution in [3.63, 3.8) is 0 Å². The lowest BCUT2D eigenvalue weighted by atomic mass is 9.99. The molecule has 0 amide bonds. The van der Waals surface area contributed by atoms with Gasteiger partial charge in [-0.2, -0.15) is 0 Å². The number of rotatable bonds is 9. The van der Waals surface area contributed by atoms with E-state index in [1.807, 2.05) is 0 Å². The number of hydrogen-bond acceptors (Lipinski definition) is 1. The molecule has 0 spiro atoms. The first-order valence-electron chi connectivity index (χ1n) is 8.62. The predicted octanol–water partition coefficient (Wildman–Crippen LogP) is 5.40. The molecule has 0 saturated carbocycles. The second-order valence-corrected chi connectivity index (χ2v) is 6.03. The van der Waals surface area contributed by atoms with E-state index in [9.17, 15) is 0 Å². The minimum atomic E-state index is 0.294. The van der Waals surface area contributed by atoms with E-state index >= 15 is 0 Å². The molecule has 2 rings (SSSR count). The number of hydrogen-bond donors (Lipinski definition) is 1. The second-order valence-electron chi connectivity index (χ2n) is 6.03. The number of aryl methyl sites for hydroxylation is 2. The van der Waals surface area contributed by atoms with Gasteiger partial charge in [-0.15, -0.1) is 0 Å². The third-order valence-corrected chi connectivity index (χ3v) is 4.18. The van der Waals surface area contributed by atoms with Crippen LogP contribution in [0.4, 0.5) is 0 Å². The van der Waals surface area contributed by atoms with Crippen molar-refractivity contribution >= 4 is 0 Å². The normalized spacial score (nSPS) is 10.8. The summed E-state index contributed by atoms with van der Waals surface area (Å²) in [5.41, 5.74) is 5.37. The Kier molecular flexibility index (Phi) is 7.18. The molecule has 0 radical (unpaired) electrons. The van der Waals surface area contributed by atoms with Crippen LogP contribution in [0.15, 0.2) is 48.5 Å². The summed E-state index contributed by atoms with van der Waals surface area (Å²) in [5.74, 6) is 0. The zero-order valence-corrected chi connectivity index (χ0v) is 13.7. The van der Waals surface area contributed by atoms with Gasteiger partial charge < -0.3 is 5.11 Å². The minimum absolute atomic E-state index is 0.294. The SMILES string of the molecule is CCCCCc1ccc(-c2ccc(CCCCO)cc2)cc1. The molecule has 118 valence electrons. The van der Waals surface area contributed by atoms with Gasteiger partial charge in [0.2, 0.25) is 0 Å². The van der Waals surface area contributed by atoms with E-state index in [-0.39, 0.29) is 0 Å². The lowest BCUT2D eigenvalue weighted by Gasteiger charge is -2.06. The van der Waals surface area contributed by atoms with Crippen LogP contribution in [-0.4, -0.2) is 11.7 Å². The fourth-order valence-electron chi connectivity index (χ4n) is 2.75. The Hall–Kier alpha value is -1.60. The molecule has 0 bridgehead atoms. The van der Waals surface area contributed by atoms with E-state index in [2.05, 4.69) is 55.5 Å². The molecule has 2 aromatic rings. The Morgan fingerprint density at radius 3 is 1.50 bits per heavy atom. The van der Waals surface area contributed by atoms with Gasteiger partial charge in [0.15, 0.2) is 0 Å². The van der Waals surface area contributed by atoms with E-state index in [0.717, 1.165) is 19.3 Å². The fraction of sp³-hybridized carbons (Fsp3) is 0.429. The number of unbranched alkanes of at least 4 members (excludes halogenated alkanes) is 3. The van der Waals surface area contributed by atoms with Crippen LogP contribution in [0, 0.1) is 0 Å². The Bertz CT molecular complexity index is 473. The topological polar surface area (TPSA) is 20.2 Å². The first-order valence-corrected chi connectivity index (χ1v) is 8.62. The molecule has 22 heavy (non-hydrogen) atoms. The molecule has 0 fully saturated rings. The highest BCUT2D eigenvalue weighted by Gasteiger charge is 2.00. The second kappa shape index (κ2) is 9.42. The molecule has 0 aliphatic heterocycles. The van der Waals surface area contributed by atoms with Gasteiger partial charge in [-0.05, 0) is 54.4 Å². The highest BCUT2D eigenvalue weighted by molar-refractivity contribution is 5.63. The molecule has 2 aromatic carbocycles. The van der Waals surface area contributed by atoms with Crippen molar-refractivity contribution in [1.82, 2.24) is 0 Å². The maximum Gasteiger partial charge on any atom is 0.0431 e. The van der Waals surface area contributed by atoms with Crippen LogP contribution in [0.1, 0.15) is 50.2 Å².